The molecular weight excluding hydrogens is 396 g/mol. The van der Waals surface area contributed by atoms with Gasteiger partial charge in [0.25, 0.3) is 11.5 Å². The van der Waals surface area contributed by atoms with Gasteiger partial charge in [-0.25, -0.2) is 9.50 Å². The zero-order valence-electron chi connectivity index (χ0n) is 18.1. The summed E-state index contributed by atoms with van der Waals surface area (Å²) in [6, 6.07) is 8.79. The monoisotopic (exact) mass is 424 g/mol. The first kappa shape index (κ1) is 21.1. The van der Waals surface area contributed by atoms with Crippen LogP contribution in [0.4, 0.5) is 0 Å². The number of para-hydroxylation sites is 1. The number of benzene rings is 1. The highest BCUT2D eigenvalue weighted by molar-refractivity contribution is 5.78. The minimum Gasteiger partial charge on any atom is -0.483 e. The summed E-state index contributed by atoms with van der Waals surface area (Å²) < 4.78 is 12.6. The van der Waals surface area contributed by atoms with Gasteiger partial charge in [0.05, 0.1) is 11.7 Å². The first-order valence-corrected chi connectivity index (χ1v) is 10.6. The molecule has 1 aliphatic heterocycles. The average Bonchev–Trinajstić information content (AvgIpc) is 3.19. The number of amides is 1. The molecule has 2 N–H and O–H groups in total. The molecule has 3 heterocycles. The van der Waals surface area contributed by atoms with Gasteiger partial charge in [-0.2, -0.15) is 0 Å². The molecule has 1 aliphatic rings. The first-order valence-electron chi connectivity index (χ1n) is 10.6. The van der Waals surface area contributed by atoms with E-state index in [1.54, 1.807) is 6.92 Å². The maximum Gasteiger partial charge on any atom is 0.272 e. The van der Waals surface area contributed by atoms with E-state index in [1.807, 2.05) is 38.1 Å². The average molecular weight is 425 g/mol. The highest BCUT2D eigenvalue weighted by Crippen LogP contribution is 2.26. The Labute approximate surface area is 180 Å². The minimum atomic E-state index is -0.423. The number of hydrogen-bond donors (Lipinski definition) is 2. The molecule has 3 aromatic rings. The van der Waals surface area contributed by atoms with Crippen LogP contribution in [0.15, 0.2) is 35.1 Å². The Morgan fingerprint density at radius 1 is 1.29 bits per heavy atom. The van der Waals surface area contributed by atoms with Crippen molar-refractivity contribution in [1.82, 2.24) is 19.9 Å². The van der Waals surface area contributed by atoms with E-state index in [-0.39, 0.29) is 18.1 Å². The molecule has 164 valence electrons. The second-order valence-corrected chi connectivity index (χ2v) is 8.11. The number of H-pyrrole nitrogens is 1. The number of carbonyl (C=O) groups is 1. The molecule has 1 saturated heterocycles. The Balaban J connectivity index is 1.45. The van der Waals surface area contributed by atoms with Gasteiger partial charge >= 0.3 is 0 Å². The molecule has 1 fully saturated rings. The SMILES string of the molecule is Cc1cccc(C)c1OCC(=O)N[C@H](C)c1cc(=O)n2[nH]c(C3CCOCC3)cc2n1. The zero-order valence-corrected chi connectivity index (χ0v) is 18.1. The van der Waals surface area contributed by atoms with Gasteiger partial charge in [-0.1, -0.05) is 18.2 Å². The van der Waals surface area contributed by atoms with Crippen molar-refractivity contribution >= 4 is 11.6 Å². The molecule has 0 radical (unpaired) electrons. The van der Waals surface area contributed by atoms with E-state index in [1.165, 1.54) is 10.6 Å². The maximum absolute atomic E-state index is 12.6. The standard InChI is InChI=1S/C23H28N4O4/c1-14-5-4-6-15(2)23(14)31-13-21(28)24-16(3)18-12-22(29)27-20(25-18)11-19(26-27)17-7-9-30-10-8-17/h4-6,11-12,16-17,26H,7-10,13H2,1-3H3,(H,24,28)/t16-/m1/s1. The van der Waals surface area contributed by atoms with Crippen molar-refractivity contribution in [3.63, 3.8) is 0 Å². The molecule has 0 unspecified atom stereocenters. The summed E-state index contributed by atoms with van der Waals surface area (Å²) in [4.78, 5) is 29.6. The number of nitrogens with zero attached hydrogens (tertiary/aromatic N) is 2. The number of carbonyl (C=O) groups excluding carboxylic acids is 1. The fourth-order valence-corrected chi connectivity index (χ4v) is 3.99. The lowest BCUT2D eigenvalue weighted by Crippen LogP contribution is -2.32. The van der Waals surface area contributed by atoms with Crippen molar-refractivity contribution < 1.29 is 14.3 Å². The molecule has 1 aromatic carbocycles. The third-order valence-corrected chi connectivity index (χ3v) is 5.73. The first-order chi connectivity index (χ1) is 14.9. The predicted octanol–water partition coefficient (Wildman–Crippen LogP) is 2.79. The number of aryl methyl sites for hydroxylation is 2. The number of nitrogens with one attached hydrogen (secondary N) is 2. The molecule has 0 spiro atoms. The Hall–Kier alpha value is -3.13. The quantitative estimate of drug-likeness (QED) is 0.634. The van der Waals surface area contributed by atoms with E-state index in [4.69, 9.17) is 9.47 Å². The van der Waals surface area contributed by atoms with Crippen LogP contribution >= 0.6 is 0 Å². The second-order valence-electron chi connectivity index (χ2n) is 8.11. The summed E-state index contributed by atoms with van der Waals surface area (Å²) in [5.74, 6) is 0.780. The van der Waals surface area contributed by atoms with Crippen molar-refractivity contribution in [2.75, 3.05) is 19.8 Å². The van der Waals surface area contributed by atoms with E-state index in [9.17, 15) is 9.59 Å². The highest BCUT2D eigenvalue weighted by atomic mass is 16.5. The normalized spacial score (nSPS) is 15.7. The Bertz CT molecular complexity index is 1120. The number of aromatic nitrogens is 3. The van der Waals surface area contributed by atoms with Crippen LogP contribution in [0.25, 0.3) is 5.65 Å². The van der Waals surface area contributed by atoms with Crippen LogP contribution in [0.2, 0.25) is 0 Å². The molecule has 8 nitrogen and oxygen atoms in total. The van der Waals surface area contributed by atoms with E-state index in [0.717, 1.165) is 48.6 Å². The molecular formula is C23H28N4O4. The molecule has 31 heavy (non-hydrogen) atoms. The molecule has 2 aromatic heterocycles. The third kappa shape index (κ3) is 4.64. The Morgan fingerprint density at radius 3 is 2.71 bits per heavy atom. The van der Waals surface area contributed by atoms with Crippen LogP contribution in [0.3, 0.4) is 0 Å². The van der Waals surface area contributed by atoms with Crippen LogP contribution in [-0.4, -0.2) is 40.3 Å². The van der Waals surface area contributed by atoms with Gasteiger partial charge in [0.1, 0.15) is 5.75 Å². The number of ether oxygens (including phenoxy) is 2. The van der Waals surface area contributed by atoms with Gasteiger partial charge in [-0.05, 0) is 44.7 Å². The van der Waals surface area contributed by atoms with Crippen LogP contribution in [0, 0.1) is 13.8 Å². The molecule has 0 bridgehead atoms. The minimum absolute atomic E-state index is 0.102. The number of fused-ring (bicyclic) bond motifs is 1. The lowest BCUT2D eigenvalue weighted by atomic mass is 9.97. The van der Waals surface area contributed by atoms with Crippen molar-refractivity contribution in [1.29, 1.82) is 0 Å². The summed E-state index contributed by atoms with van der Waals surface area (Å²) in [6.07, 6.45) is 1.84. The summed E-state index contributed by atoms with van der Waals surface area (Å²) in [7, 11) is 0. The molecule has 8 heteroatoms. The fourth-order valence-electron chi connectivity index (χ4n) is 3.99. The summed E-state index contributed by atoms with van der Waals surface area (Å²) in [6.45, 7) is 7.04. The summed E-state index contributed by atoms with van der Waals surface area (Å²) >= 11 is 0. The third-order valence-electron chi connectivity index (χ3n) is 5.73. The van der Waals surface area contributed by atoms with Crippen LogP contribution in [-0.2, 0) is 9.53 Å². The van der Waals surface area contributed by atoms with Crippen molar-refractivity contribution in [3.8, 4) is 5.75 Å². The van der Waals surface area contributed by atoms with Gasteiger partial charge < -0.3 is 14.8 Å². The fraction of sp³-hybridized carbons (Fsp3) is 0.435. The highest BCUT2D eigenvalue weighted by Gasteiger charge is 2.20. The molecule has 1 atom stereocenters. The molecule has 4 rings (SSSR count). The van der Waals surface area contributed by atoms with Crippen molar-refractivity contribution in [3.05, 3.63) is 63.2 Å². The van der Waals surface area contributed by atoms with Crippen molar-refractivity contribution in [2.45, 2.75) is 45.6 Å². The maximum atomic E-state index is 12.6. The second kappa shape index (κ2) is 8.93. The van der Waals surface area contributed by atoms with E-state index >= 15 is 0 Å². The Kier molecular flexibility index (Phi) is 6.08. The van der Waals surface area contributed by atoms with Gasteiger partial charge in [0, 0.05) is 37.0 Å². The largest absolute Gasteiger partial charge is 0.483 e. The van der Waals surface area contributed by atoms with E-state index in [0.29, 0.717) is 17.3 Å². The number of aromatic amines is 1. The predicted molar refractivity (Wildman–Crippen MR) is 117 cm³/mol. The van der Waals surface area contributed by atoms with Gasteiger partial charge in [-0.3, -0.25) is 14.7 Å². The van der Waals surface area contributed by atoms with E-state index < -0.39 is 6.04 Å². The van der Waals surface area contributed by atoms with Gasteiger partial charge in [-0.15, -0.1) is 0 Å². The molecule has 0 saturated carbocycles. The van der Waals surface area contributed by atoms with E-state index in [2.05, 4.69) is 15.4 Å². The lowest BCUT2D eigenvalue weighted by molar-refractivity contribution is -0.123. The molecule has 0 aliphatic carbocycles. The summed E-state index contributed by atoms with van der Waals surface area (Å²) in [5.41, 5.74) is 3.82. The van der Waals surface area contributed by atoms with Gasteiger partial charge in [0.15, 0.2) is 12.3 Å². The van der Waals surface area contributed by atoms with Crippen LogP contribution in [0.1, 0.15) is 54.2 Å². The summed E-state index contributed by atoms with van der Waals surface area (Å²) in [5, 5.41) is 6.03. The van der Waals surface area contributed by atoms with Crippen LogP contribution < -0.4 is 15.6 Å². The topological polar surface area (TPSA) is 97.7 Å². The number of rotatable bonds is 6. The van der Waals surface area contributed by atoms with Crippen molar-refractivity contribution in [2.24, 2.45) is 0 Å². The Morgan fingerprint density at radius 2 is 2.00 bits per heavy atom. The van der Waals surface area contributed by atoms with Gasteiger partial charge in [0.2, 0.25) is 0 Å². The van der Waals surface area contributed by atoms with Crippen LogP contribution in [0.5, 0.6) is 5.75 Å². The number of hydrogen-bond acceptors (Lipinski definition) is 5. The smallest absolute Gasteiger partial charge is 0.272 e. The zero-order chi connectivity index (χ0) is 22.0. The lowest BCUT2D eigenvalue weighted by Gasteiger charge is -2.20. The molecule has 1 amide bonds.